The minimum Gasteiger partial charge on any atom is -0.357 e. The third-order valence-electron chi connectivity index (χ3n) is 4.44. The number of thioether (sulfide) groups is 1. The summed E-state index contributed by atoms with van der Waals surface area (Å²) >= 11 is 2.88. The molecule has 140 valence electrons. The van der Waals surface area contributed by atoms with Crippen molar-refractivity contribution >= 4 is 34.0 Å². The van der Waals surface area contributed by atoms with Crippen LogP contribution >= 0.6 is 23.1 Å². The number of carbonyl (C=O) groups is 1. The summed E-state index contributed by atoms with van der Waals surface area (Å²) in [5.41, 5.74) is 3.09. The topological polar surface area (TPSA) is 59.8 Å². The number of ketones is 1. The molecular weight excluding hydrogens is 383 g/mol. The van der Waals surface area contributed by atoms with Crippen molar-refractivity contribution in [1.82, 2.24) is 14.8 Å². The smallest absolute Gasteiger partial charge is 0.206 e. The molecule has 1 saturated carbocycles. The highest BCUT2D eigenvalue weighted by Gasteiger charge is 2.23. The fraction of sp³-hybridized carbons (Fsp3) is 0.316. The Morgan fingerprint density at radius 1 is 1.33 bits per heavy atom. The molecule has 0 spiro atoms. The number of nitrogens with one attached hydrogen (secondary N) is 1. The molecule has 5 nitrogen and oxygen atoms in total. The second-order valence-corrected chi connectivity index (χ2v) is 8.80. The Kier molecular flexibility index (Phi) is 5.01. The molecule has 0 radical (unpaired) electrons. The van der Waals surface area contributed by atoms with Crippen LogP contribution in [0.15, 0.2) is 34.7 Å². The van der Waals surface area contributed by atoms with E-state index in [1.54, 1.807) is 6.07 Å². The maximum absolute atomic E-state index is 13.6. The number of hydrogen-bond donors (Lipinski definition) is 1. The van der Waals surface area contributed by atoms with E-state index in [-0.39, 0.29) is 11.6 Å². The predicted octanol–water partition coefficient (Wildman–Crippen LogP) is 4.63. The first-order valence-corrected chi connectivity index (χ1v) is 10.5. The van der Waals surface area contributed by atoms with Gasteiger partial charge in [-0.1, -0.05) is 29.2 Å². The van der Waals surface area contributed by atoms with Crippen molar-refractivity contribution in [3.8, 4) is 5.69 Å². The standard InChI is InChI=1S/C19H19FN4OS2/c1-11-8-16(12(2)24(11)15-5-3-4-13(20)9-15)17(25)10-26-19-23-22-18(27-19)21-14-6-7-14/h3-5,8-9,14H,6-7,10H2,1-2H3,(H,21,22). The third-order valence-corrected chi connectivity index (χ3v) is 6.42. The Hall–Kier alpha value is -2.19. The molecule has 2 heterocycles. The highest BCUT2D eigenvalue weighted by molar-refractivity contribution is 8.01. The molecule has 3 aromatic rings. The van der Waals surface area contributed by atoms with E-state index in [0.717, 1.165) is 26.5 Å². The third kappa shape index (κ3) is 4.06. The van der Waals surface area contributed by atoms with E-state index in [0.29, 0.717) is 17.4 Å². The molecule has 0 amide bonds. The summed E-state index contributed by atoms with van der Waals surface area (Å²) in [5, 5.41) is 12.4. The number of rotatable bonds is 7. The molecule has 0 bridgehead atoms. The fourth-order valence-corrected chi connectivity index (χ4v) is 4.70. The maximum Gasteiger partial charge on any atom is 0.206 e. The number of Topliss-reactive ketones (excluding diaryl/α,β-unsaturated/α-hetero) is 1. The molecule has 1 aromatic carbocycles. The summed E-state index contributed by atoms with van der Waals surface area (Å²) in [7, 11) is 0. The van der Waals surface area contributed by atoms with E-state index >= 15 is 0 Å². The zero-order chi connectivity index (χ0) is 19.0. The molecule has 2 aromatic heterocycles. The average Bonchev–Trinajstić information content (AvgIpc) is 3.24. The fourth-order valence-electron chi connectivity index (χ4n) is 2.99. The van der Waals surface area contributed by atoms with Gasteiger partial charge in [0.2, 0.25) is 5.13 Å². The first kappa shape index (κ1) is 18.2. The summed E-state index contributed by atoms with van der Waals surface area (Å²) in [6.07, 6.45) is 2.36. The lowest BCUT2D eigenvalue weighted by atomic mass is 10.2. The maximum atomic E-state index is 13.6. The van der Waals surface area contributed by atoms with Crippen LogP contribution in [0.5, 0.6) is 0 Å². The van der Waals surface area contributed by atoms with Crippen molar-refractivity contribution in [3.05, 3.63) is 53.1 Å². The first-order valence-electron chi connectivity index (χ1n) is 8.72. The van der Waals surface area contributed by atoms with Gasteiger partial charge >= 0.3 is 0 Å². The Balaban J connectivity index is 1.47. The Morgan fingerprint density at radius 2 is 2.15 bits per heavy atom. The molecule has 1 fully saturated rings. The van der Waals surface area contributed by atoms with Crippen molar-refractivity contribution < 1.29 is 9.18 Å². The van der Waals surface area contributed by atoms with Crippen LogP contribution in [0.2, 0.25) is 0 Å². The molecule has 1 aliphatic carbocycles. The van der Waals surface area contributed by atoms with Gasteiger partial charge in [-0.05, 0) is 51.0 Å². The number of anilines is 1. The molecule has 0 atom stereocenters. The van der Waals surface area contributed by atoms with Crippen molar-refractivity contribution in [2.75, 3.05) is 11.1 Å². The van der Waals surface area contributed by atoms with Gasteiger partial charge in [0.15, 0.2) is 10.1 Å². The van der Waals surface area contributed by atoms with E-state index < -0.39 is 0 Å². The quantitative estimate of drug-likeness (QED) is 0.461. The van der Waals surface area contributed by atoms with Gasteiger partial charge in [-0.15, -0.1) is 10.2 Å². The van der Waals surface area contributed by atoms with Gasteiger partial charge in [0.1, 0.15) is 5.82 Å². The van der Waals surface area contributed by atoms with Crippen LogP contribution in [0.25, 0.3) is 5.69 Å². The summed E-state index contributed by atoms with van der Waals surface area (Å²) in [5.74, 6) is 0.0314. The lowest BCUT2D eigenvalue weighted by Crippen LogP contribution is -2.05. The van der Waals surface area contributed by atoms with E-state index in [1.165, 1.54) is 48.1 Å². The molecule has 1 N–H and O–H groups in total. The highest BCUT2D eigenvalue weighted by atomic mass is 32.2. The van der Waals surface area contributed by atoms with Crippen LogP contribution in [0.4, 0.5) is 9.52 Å². The number of aromatic nitrogens is 3. The molecule has 1 aliphatic rings. The SMILES string of the molecule is Cc1cc(C(=O)CSc2nnc(NC3CC3)s2)c(C)n1-c1cccc(F)c1. The van der Waals surface area contributed by atoms with Gasteiger partial charge in [0.05, 0.1) is 5.75 Å². The van der Waals surface area contributed by atoms with Gasteiger partial charge in [0, 0.05) is 28.7 Å². The second-order valence-electron chi connectivity index (χ2n) is 6.60. The van der Waals surface area contributed by atoms with Crippen LogP contribution in [-0.4, -0.2) is 32.3 Å². The largest absolute Gasteiger partial charge is 0.357 e. The van der Waals surface area contributed by atoms with E-state index in [2.05, 4.69) is 15.5 Å². The van der Waals surface area contributed by atoms with E-state index in [9.17, 15) is 9.18 Å². The zero-order valence-electron chi connectivity index (χ0n) is 15.0. The lowest BCUT2D eigenvalue weighted by Gasteiger charge is -2.09. The highest BCUT2D eigenvalue weighted by Crippen LogP contribution is 2.31. The molecule has 8 heteroatoms. The Labute approximate surface area is 165 Å². The number of aryl methyl sites for hydroxylation is 1. The van der Waals surface area contributed by atoms with Crippen molar-refractivity contribution in [3.63, 3.8) is 0 Å². The van der Waals surface area contributed by atoms with Crippen molar-refractivity contribution in [1.29, 1.82) is 0 Å². The van der Waals surface area contributed by atoms with Crippen molar-refractivity contribution in [2.45, 2.75) is 37.1 Å². The van der Waals surface area contributed by atoms with Gasteiger partial charge in [-0.2, -0.15) is 0 Å². The van der Waals surface area contributed by atoms with Gasteiger partial charge in [-0.3, -0.25) is 4.79 Å². The zero-order valence-corrected chi connectivity index (χ0v) is 16.7. The van der Waals surface area contributed by atoms with Crippen LogP contribution < -0.4 is 5.32 Å². The molecular formula is C19H19FN4OS2. The normalized spacial score (nSPS) is 13.7. The lowest BCUT2D eigenvalue weighted by molar-refractivity contribution is 0.102. The number of halogens is 1. The van der Waals surface area contributed by atoms with E-state index in [1.807, 2.05) is 30.5 Å². The van der Waals surface area contributed by atoms with Crippen LogP contribution in [0.1, 0.15) is 34.6 Å². The number of hydrogen-bond acceptors (Lipinski definition) is 6. The molecule has 27 heavy (non-hydrogen) atoms. The summed E-state index contributed by atoms with van der Waals surface area (Å²) < 4.78 is 16.3. The van der Waals surface area contributed by atoms with Gasteiger partial charge < -0.3 is 9.88 Å². The minimum atomic E-state index is -0.296. The first-order chi connectivity index (χ1) is 13.0. The summed E-state index contributed by atoms with van der Waals surface area (Å²) in [4.78, 5) is 12.7. The van der Waals surface area contributed by atoms with Crippen molar-refractivity contribution in [2.24, 2.45) is 0 Å². The monoisotopic (exact) mass is 402 g/mol. The molecule has 0 aliphatic heterocycles. The number of benzene rings is 1. The number of carbonyl (C=O) groups excluding carboxylic acids is 1. The minimum absolute atomic E-state index is 0.0302. The molecule has 4 rings (SSSR count). The van der Waals surface area contributed by atoms with Crippen LogP contribution in [-0.2, 0) is 0 Å². The summed E-state index contributed by atoms with van der Waals surface area (Å²) in [6.45, 7) is 3.81. The predicted molar refractivity (Wildman–Crippen MR) is 107 cm³/mol. The number of nitrogens with zero attached hydrogens (tertiary/aromatic N) is 3. The Bertz CT molecular complexity index is 994. The average molecular weight is 403 g/mol. The molecule has 0 unspecified atom stereocenters. The van der Waals surface area contributed by atoms with Gasteiger partial charge in [-0.25, -0.2) is 4.39 Å². The van der Waals surface area contributed by atoms with Crippen LogP contribution in [0.3, 0.4) is 0 Å². The van der Waals surface area contributed by atoms with Crippen LogP contribution in [0, 0.1) is 19.7 Å². The second kappa shape index (κ2) is 7.44. The van der Waals surface area contributed by atoms with E-state index in [4.69, 9.17) is 0 Å². The Morgan fingerprint density at radius 3 is 2.89 bits per heavy atom. The summed E-state index contributed by atoms with van der Waals surface area (Å²) in [6, 6.07) is 8.79. The van der Waals surface area contributed by atoms with Gasteiger partial charge in [0.25, 0.3) is 0 Å². The molecule has 0 saturated heterocycles.